The Labute approximate surface area is 160 Å². The van der Waals surface area contributed by atoms with Crippen LogP contribution in [-0.2, 0) is 6.54 Å². The zero-order valence-corrected chi connectivity index (χ0v) is 15.4. The van der Waals surface area contributed by atoms with Crippen molar-refractivity contribution < 1.29 is 8.78 Å². The Morgan fingerprint density at radius 2 is 1.79 bits per heavy atom. The Morgan fingerprint density at radius 1 is 1.04 bits per heavy atom. The van der Waals surface area contributed by atoms with Gasteiger partial charge in [-0.15, -0.1) is 0 Å². The molecule has 1 fully saturated rings. The normalized spacial score (nSPS) is 14.9. The topological polar surface area (TPSA) is 67.2 Å². The molecule has 28 heavy (non-hydrogen) atoms. The Balaban J connectivity index is 1.51. The summed E-state index contributed by atoms with van der Waals surface area (Å²) in [5.74, 6) is 0.866. The summed E-state index contributed by atoms with van der Waals surface area (Å²) < 4.78 is 26.1. The number of rotatable bonds is 4. The smallest absolute Gasteiger partial charge is 0.261 e. The Bertz CT molecular complexity index is 1030. The first-order valence-electron chi connectivity index (χ1n) is 9.07. The highest BCUT2D eigenvalue weighted by Gasteiger charge is 2.19. The Kier molecular flexibility index (Phi) is 4.89. The van der Waals surface area contributed by atoms with E-state index in [2.05, 4.69) is 24.8 Å². The van der Waals surface area contributed by atoms with Gasteiger partial charge in [-0.3, -0.25) is 14.3 Å². The maximum atomic E-state index is 12.6. The summed E-state index contributed by atoms with van der Waals surface area (Å²) in [6, 6.07) is 5.35. The van der Waals surface area contributed by atoms with E-state index in [1.54, 1.807) is 18.5 Å². The lowest BCUT2D eigenvalue weighted by molar-refractivity contribution is 0.125. The molecule has 9 heteroatoms. The van der Waals surface area contributed by atoms with Crippen LogP contribution in [0.2, 0.25) is 0 Å². The number of hydrogen-bond donors (Lipinski definition) is 0. The van der Waals surface area contributed by atoms with Crippen LogP contribution >= 0.6 is 0 Å². The van der Waals surface area contributed by atoms with Gasteiger partial charge in [0.05, 0.1) is 41.9 Å². The average Bonchev–Trinajstić information content (AvgIpc) is 2.70. The Morgan fingerprint density at radius 3 is 2.46 bits per heavy atom. The predicted molar refractivity (Wildman–Crippen MR) is 103 cm³/mol. The van der Waals surface area contributed by atoms with E-state index in [-0.39, 0.29) is 0 Å². The number of hydrogen-bond acceptors (Lipinski definition) is 6. The lowest BCUT2D eigenvalue weighted by atomic mass is 10.2. The largest absolute Gasteiger partial charge is 0.368 e. The summed E-state index contributed by atoms with van der Waals surface area (Å²) >= 11 is 0. The van der Waals surface area contributed by atoms with Gasteiger partial charge in [0, 0.05) is 31.9 Å². The molecule has 2 aromatic heterocycles. The summed E-state index contributed by atoms with van der Waals surface area (Å²) in [6.45, 7) is 4.46. The fraction of sp³-hybridized carbons (Fsp3) is 0.368. The number of alkyl halides is 2. The lowest BCUT2D eigenvalue weighted by Gasteiger charge is -2.36. The van der Waals surface area contributed by atoms with Crippen LogP contribution in [0.15, 0.2) is 41.7 Å². The van der Waals surface area contributed by atoms with E-state index in [1.807, 2.05) is 19.1 Å². The first-order chi connectivity index (χ1) is 13.5. The van der Waals surface area contributed by atoms with Crippen molar-refractivity contribution in [1.29, 1.82) is 0 Å². The van der Waals surface area contributed by atoms with Crippen LogP contribution < -0.4 is 15.4 Å². The van der Waals surface area contributed by atoms with Crippen LogP contribution in [-0.4, -0.2) is 52.1 Å². The molecule has 0 aliphatic carbocycles. The molecule has 0 atom stereocenters. The van der Waals surface area contributed by atoms with Crippen molar-refractivity contribution in [2.75, 3.05) is 36.0 Å². The summed E-state index contributed by atoms with van der Waals surface area (Å²) in [7, 11) is 0. The van der Waals surface area contributed by atoms with Crippen molar-refractivity contribution in [3.63, 3.8) is 0 Å². The molecule has 1 aromatic carbocycles. The first-order valence-corrected chi connectivity index (χ1v) is 9.07. The average molecular weight is 386 g/mol. The van der Waals surface area contributed by atoms with Crippen LogP contribution in [0.4, 0.5) is 20.3 Å². The van der Waals surface area contributed by atoms with Crippen molar-refractivity contribution in [3.8, 4) is 0 Å². The maximum Gasteiger partial charge on any atom is 0.261 e. The number of benzene rings is 1. The van der Waals surface area contributed by atoms with Crippen molar-refractivity contribution in [2.24, 2.45) is 0 Å². The van der Waals surface area contributed by atoms with Gasteiger partial charge in [-0.05, 0) is 25.1 Å². The summed E-state index contributed by atoms with van der Waals surface area (Å²) in [4.78, 5) is 29.6. The van der Waals surface area contributed by atoms with Gasteiger partial charge in [-0.25, -0.2) is 18.7 Å². The van der Waals surface area contributed by atoms with E-state index in [0.717, 1.165) is 47.9 Å². The molecular formula is C19H20F2N6O. The molecule has 4 rings (SSSR count). The van der Waals surface area contributed by atoms with E-state index in [4.69, 9.17) is 0 Å². The fourth-order valence-electron chi connectivity index (χ4n) is 3.36. The Hall–Kier alpha value is -3.10. The number of fused-ring (bicyclic) bond motifs is 1. The van der Waals surface area contributed by atoms with Gasteiger partial charge in [0.15, 0.2) is 0 Å². The number of nitrogens with zero attached hydrogens (tertiary/aromatic N) is 6. The quantitative estimate of drug-likeness (QED) is 0.684. The highest BCUT2D eigenvalue weighted by molar-refractivity contribution is 5.81. The number of anilines is 2. The molecule has 0 radical (unpaired) electrons. The number of halogens is 2. The molecule has 0 amide bonds. The van der Waals surface area contributed by atoms with Crippen LogP contribution in [0, 0.1) is 6.92 Å². The van der Waals surface area contributed by atoms with Gasteiger partial charge in [-0.1, -0.05) is 0 Å². The van der Waals surface area contributed by atoms with Gasteiger partial charge in [0.25, 0.3) is 12.0 Å². The zero-order chi connectivity index (χ0) is 19.7. The second-order valence-electron chi connectivity index (χ2n) is 6.78. The molecule has 0 unspecified atom stereocenters. The molecule has 3 heterocycles. The van der Waals surface area contributed by atoms with Crippen molar-refractivity contribution in [1.82, 2.24) is 19.5 Å². The first kappa shape index (κ1) is 18.3. The SMILES string of the molecule is Cc1cnc(N2CCN(c3ccc4c(=O)n(CC(F)F)cnc4c3)CC2)cn1. The van der Waals surface area contributed by atoms with E-state index in [1.165, 1.54) is 6.33 Å². The number of piperazine rings is 1. The molecule has 1 aliphatic rings. The summed E-state index contributed by atoms with van der Waals surface area (Å²) in [5.41, 5.74) is 1.92. The van der Waals surface area contributed by atoms with E-state index >= 15 is 0 Å². The van der Waals surface area contributed by atoms with Crippen LogP contribution in [0.25, 0.3) is 10.9 Å². The second-order valence-corrected chi connectivity index (χ2v) is 6.78. The molecule has 0 bridgehead atoms. The standard InChI is InChI=1S/C19H20F2N6O/c1-13-9-23-18(10-22-13)26-6-4-25(5-7-26)14-2-3-15-16(8-14)24-12-27(19(15)28)11-17(20)21/h2-3,8-10,12,17H,4-7,11H2,1H3. The monoisotopic (exact) mass is 386 g/mol. The molecular weight excluding hydrogens is 366 g/mol. The molecule has 0 saturated carbocycles. The van der Waals surface area contributed by atoms with E-state index in [0.29, 0.717) is 10.9 Å². The van der Waals surface area contributed by atoms with Crippen LogP contribution in [0.5, 0.6) is 0 Å². The third-order valence-corrected chi connectivity index (χ3v) is 4.88. The predicted octanol–water partition coefficient (Wildman–Crippen LogP) is 2.09. The van der Waals surface area contributed by atoms with Gasteiger partial charge in [0.1, 0.15) is 5.82 Å². The van der Waals surface area contributed by atoms with Gasteiger partial charge in [0.2, 0.25) is 0 Å². The van der Waals surface area contributed by atoms with Crippen LogP contribution in [0.1, 0.15) is 5.69 Å². The van der Waals surface area contributed by atoms with Gasteiger partial charge < -0.3 is 9.80 Å². The summed E-state index contributed by atoms with van der Waals surface area (Å²) in [6.07, 6.45) is 2.15. The van der Waals surface area contributed by atoms with E-state index in [9.17, 15) is 13.6 Å². The van der Waals surface area contributed by atoms with Crippen molar-refractivity contribution in [3.05, 3.63) is 53.0 Å². The number of aryl methyl sites for hydroxylation is 1. The third kappa shape index (κ3) is 3.64. The molecule has 7 nitrogen and oxygen atoms in total. The van der Waals surface area contributed by atoms with Crippen LogP contribution in [0.3, 0.4) is 0 Å². The molecule has 1 aliphatic heterocycles. The molecule has 3 aromatic rings. The van der Waals surface area contributed by atoms with Gasteiger partial charge >= 0.3 is 0 Å². The second kappa shape index (κ2) is 7.49. The molecule has 146 valence electrons. The van der Waals surface area contributed by atoms with Crippen molar-refractivity contribution >= 4 is 22.4 Å². The minimum atomic E-state index is -2.59. The minimum absolute atomic E-state index is 0.348. The van der Waals surface area contributed by atoms with Gasteiger partial charge in [-0.2, -0.15) is 0 Å². The molecule has 0 spiro atoms. The zero-order valence-electron chi connectivity index (χ0n) is 15.4. The van der Waals surface area contributed by atoms with Crippen molar-refractivity contribution in [2.45, 2.75) is 19.9 Å². The minimum Gasteiger partial charge on any atom is -0.368 e. The third-order valence-electron chi connectivity index (χ3n) is 4.88. The molecule has 1 saturated heterocycles. The molecule has 0 N–H and O–H groups in total. The number of aromatic nitrogens is 4. The summed E-state index contributed by atoms with van der Waals surface area (Å²) in [5, 5.41) is 0.348. The fourth-order valence-corrected chi connectivity index (χ4v) is 3.36. The lowest BCUT2D eigenvalue weighted by Crippen LogP contribution is -2.46. The van der Waals surface area contributed by atoms with E-state index < -0.39 is 18.5 Å². The highest BCUT2D eigenvalue weighted by atomic mass is 19.3. The highest BCUT2D eigenvalue weighted by Crippen LogP contribution is 2.22. The maximum absolute atomic E-state index is 12.6.